The van der Waals surface area contributed by atoms with E-state index in [4.69, 9.17) is 0 Å². The van der Waals surface area contributed by atoms with Crippen molar-refractivity contribution < 1.29 is 14.7 Å². The molecule has 0 bridgehead atoms. The molecule has 1 aliphatic heterocycles. The molecule has 26 heavy (non-hydrogen) atoms. The number of nitrogens with one attached hydrogen (secondary N) is 1. The lowest BCUT2D eigenvalue weighted by atomic mass is 9.77. The molecule has 1 aromatic rings. The SMILES string of the molecule is CCN1C(=O)CS/C1=N\NC(=O)C(O)(c1ccccc1)C1C=CC=CC1. The molecule has 3 rings (SSSR count). The molecule has 0 aromatic heterocycles. The lowest BCUT2D eigenvalue weighted by Crippen LogP contribution is -2.48. The van der Waals surface area contributed by atoms with Crippen LogP contribution >= 0.6 is 11.8 Å². The Hall–Kier alpha value is -2.38. The first-order valence-electron chi connectivity index (χ1n) is 8.50. The summed E-state index contributed by atoms with van der Waals surface area (Å²) in [6, 6.07) is 8.85. The minimum absolute atomic E-state index is 0.0378. The predicted molar refractivity (Wildman–Crippen MR) is 102 cm³/mol. The predicted octanol–water partition coefficient (Wildman–Crippen LogP) is 1.99. The summed E-state index contributed by atoms with van der Waals surface area (Å²) in [7, 11) is 0. The number of hydrogen-bond donors (Lipinski definition) is 2. The number of amides is 2. The third-order valence-electron chi connectivity index (χ3n) is 4.50. The van der Waals surface area contributed by atoms with Crippen molar-refractivity contribution in [2.24, 2.45) is 11.0 Å². The maximum Gasteiger partial charge on any atom is 0.277 e. The summed E-state index contributed by atoms with van der Waals surface area (Å²) < 4.78 is 0. The number of hydrazone groups is 1. The van der Waals surface area contributed by atoms with Crippen molar-refractivity contribution >= 4 is 28.7 Å². The first-order valence-corrected chi connectivity index (χ1v) is 9.48. The molecule has 0 radical (unpaired) electrons. The van der Waals surface area contributed by atoms with E-state index < -0.39 is 17.4 Å². The molecule has 1 saturated heterocycles. The highest BCUT2D eigenvalue weighted by Gasteiger charge is 2.44. The maximum atomic E-state index is 13.0. The second kappa shape index (κ2) is 7.88. The molecule has 2 aliphatic rings. The van der Waals surface area contributed by atoms with Crippen LogP contribution in [0.25, 0.3) is 0 Å². The second-order valence-corrected chi connectivity index (χ2v) is 6.99. The second-order valence-electron chi connectivity index (χ2n) is 6.05. The van der Waals surface area contributed by atoms with Crippen LogP contribution in [0.5, 0.6) is 0 Å². The Morgan fingerprint density at radius 3 is 2.81 bits per heavy atom. The van der Waals surface area contributed by atoms with Crippen molar-refractivity contribution in [1.29, 1.82) is 0 Å². The first-order chi connectivity index (χ1) is 12.6. The Labute approximate surface area is 156 Å². The number of carbonyl (C=O) groups excluding carboxylic acids is 2. The van der Waals surface area contributed by atoms with Gasteiger partial charge in [-0.25, -0.2) is 5.43 Å². The number of amidine groups is 1. The van der Waals surface area contributed by atoms with Crippen molar-refractivity contribution in [2.75, 3.05) is 12.3 Å². The van der Waals surface area contributed by atoms with Crippen LogP contribution in [0.3, 0.4) is 0 Å². The molecule has 136 valence electrons. The maximum absolute atomic E-state index is 13.0. The Balaban J connectivity index is 1.87. The third-order valence-corrected chi connectivity index (χ3v) is 5.46. The fourth-order valence-corrected chi connectivity index (χ4v) is 3.98. The van der Waals surface area contributed by atoms with Crippen LogP contribution in [-0.2, 0) is 15.2 Å². The van der Waals surface area contributed by atoms with Crippen LogP contribution in [0, 0.1) is 5.92 Å². The number of hydrogen-bond acceptors (Lipinski definition) is 5. The van der Waals surface area contributed by atoms with E-state index in [1.165, 1.54) is 16.7 Å². The fourth-order valence-electron chi connectivity index (χ4n) is 3.07. The molecule has 1 aromatic carbocycles. The molecule has 2 amide bonds. The van der Waals surface area contributed by atoms with Gasteiger partial charge in [0.25, 0.3) is 5.91 Å². The van der Waals surface area contributed by atoms with Gasteiger partial charge < -0.3 is 5.11 Å². The van der Waals surface area contributed by atoms with Gasteiger partial charge in [-0.05, 0) is 18.9 Å². The van der Waals surface area contributed by atoms with E-state index in [2.05, 4.69) is 10.5 Å². The van der Waals surface area contributed by atoms with Gasteiger partial charge in [-0.1, -0.05) is 66.4 Å². The lowest BCUT2D eigenvalue weighted by Gasteiger charge is -2.33. The van der Waals surface area contributed by atoms with Gasteiger partial charge in [0, 0.05) is 12.5 Å². The average molecular weight is 371 g/mol. The van der Waals surface area contributed by atoms with Crippen molar-refractivity contribution in [2.45, 2.75) is 18.9 Å². The Bertz CT molecular complexity index is 775. The Kier molecular flexibility index (Phi) is 5.58. The van der Waals surface area contributed by atoms with Crippen LogP contribution in [0.1, 0.15) is 18.9 Å². The number of benzene rings is 1. The molecule has 1 heterocycles. The average Bonchev–Trinajstić information content (AvgIpc) is 3.06. The van der Waals surface area contributed by atoms with Gasteiger partial charge in [0.15, 0.2) is 10.8 Å². The standard InChI is InChI=1S/C19H21N3O3S/c1-2-22-16(23)13-26-18(22)21-20-17(24)19(25,14-9-5-3-6-10-14)15-11-7-4-8-12-15/h3-11,15,25H,2,12-13H2,1H3,(H,20,24)/b21-18-. The van der Waals surface area contributed by atoms with E-state index in [9.17, 15) is 14.7 Å². The smallest absolute Gasteiger partial charge is 0.277 e. The van der Waals surface area contributed by atoms with E-state index in [0.717, 1.165) is 0 Å². The lowest BCUT2D eigenvalue weighted by molar-refractivity contribution is -0.145. The molecule has 7 heteroatoms. The minimum Gasteiger partial charge on any atom is -0.375 e. The largest absolute Gasteiger partial charge is 0.375 e. The van der Waals surface area contributed by atoms with Crippen molar-refractivity contribution in [3.8, 4) is 0 Å². The summed E-state index contributed by atoms with van der Waals surface area (Å²) in [6.45, 7) is 2.33. The Morgan fingerprint density at radius 1 is 1.38 bits per heavy atom. The Morgan fingerprint density at radius 2 is 2.15 bits per heavy atom. The molecular formula is C19H21N3O3S. The summed E-state index contributed by atoms with van der Waals surface area (Å²) in [5.74, 6) is -0.752. The summed E-state index contributed by atoms with van der Waals surface area (Å²) >= 11 is 1.27. The van der Waals surface area contributed by atoms with E-state index in [1.54, 1.807) is 24.3 Å². The summed E-state index contributed by atoms with van der Waals surface area (Å²) in [5.41, 5.74) is 1.22. The van der Waals surface area contributed by atoms with Crippen molar-refractivity contribution in [3.63, 3.8) is 0 Å². The molecule has 0 spiro atoms. The van der Waals surface area contributed by atoms with Crippen LogP contribution < -0.4 is 5.43 Å². The van der Waals surface area contributed by atoms with E-state index >= 15 is 0 Å². The monoisotopic (exact) mass is 371 g/mol. The van der Waals surface area contributed by atoms with Crippen molar-refractivity contribution in [3.05, 3.63) is 60.2 Å². The van der Waals surface area contributed by atoms with Gasteiger partial charge in [-0.2, -0.15) is 0 Å². The van der Waals surface area contributed by atoms with Gasteiger partial charge in [-0.3, -0.25) is 14.5 Å². The zero-order valence-electron chi connectivity index (χ0n) is 14.5. The van der Waals surface area contributed by atoms with Gasteiger partial charge in [0.05, 0.1) is 5.75 Å². The highest BCUT2D eigenvalue weighted by Crippen LogP contribution is 2.35. The minimum atomic E-state index is -1.75. The van der Waals surface area contributed by atoms with E-state index in [-0.39, 0.29) is 5.91 Å². The highest BCUT2D eigenvalue weighted by molar-refractivity contribution is 8.15. The summed E-state index contributed by atoms with van der Waals surface area (Å²) in [4.78, 5) is 26.2. The van der Waals surface area contributed by atoms with Gasteiger partial charge in [-0.15, -0.1) is 5.10 Å². The summed E-state index contributed by atoms with van der Waals surface area (Å²) in [6.07, 6.45) is 8.00. The molecule has 2 N–H and O–H groups in total. The van der Waals surface area contributed by atoms with Crippen LogP contribution in [0.4, 0.5) is 0 Å². The summed E-state index contributed by atoms with van der Waals surface area (Å²) in [5, 5.41) is 15.9. The number of allylic oxidation sites excluding steroid dienone is 3. The van der Waals surface area contributed by atoms with E-state index in [1.807, 2.05) is 37.3 Å². The number of carbonyl (C=O) groups is 2. The quantitative estimate of drug-likeness (QED) is 0.776. The molecule has 2 atom stereocenters. The normalized spacial score (nSPS) is 23.3. The topological polar surface area (TPSA) is 82.0 Å². The molecule has 6 nitrogen and oxygen atoms in total. The first kappa shape index (κ1) is 18.4. The number of aliphatic hydroxyl groups is 1. The van der Waals surface area contributed by atoms with Crippen LogP contribution in [0.2, 0.25) is 0 Å². The van der Waals surface area contributed by atoms with Gasteiger partial charge in [0.1, 0.15) is 0 Å². The number of nitrogens with zero attached hydrogens (tertiary/aromatic N) is 2. The zero-order valence-corrected chi connectivity index (χ0v) is 15.3. The van der Waals surface area contributed by atoms with Gasteiger partial charge >= 0.3 is 0 Å². The van der Waals surface area contributed by atoms with E-state index in [0.29, 0.717) is 29.4 Å². The fraction of sp³-hybridized carbons (Fsp3) is 0.316. The van der Waals surface area contributed by atoms with Crippen LogP contribution in [-0.4, -0.2) is 39.3 Å². The molecule has 2 unspecified atom stereocenters. The molecule has 1 aliphatic carbocycles. The van der Waals surface area contributed by atoms with Gasteiger partial charge in [0.2, 0.25) is 5.91 Å². The highest BCUT2D eigenvalue weighted by atomic mass is 32.2. The third kappa shape index (κ3) is 3.45. The number of rotatable bonds is 5. The number of thioether (sulfide) groups is 1. The molecule has 1 fully saturated rings. The molecule has 0 saturated carbocycles. The van der Waals surface area contributed by atoms with Crippen LogP contribution in [0.15, 0.2) is 59.7 Å². The van der Waals surface area contributed by atoms with Crippen molar-refractivity contribution in [1.82, 2.24) is 10.3 Å². The molecular weight excluding hydrogens is 350 g/mol. The zero-order chi connectivity index (χ0) is 18.6.